The molecule has 0 spiro atoms. The van der Waals surface area contributed by atoms with Crippen LogP contribution in [-0.4, -0.2) is 15.9 Å². The van der Waals surface area contributed by atoms with E-state index in [0.29, 0.717) is 27.1 Å². The van der Waals surface area contributed by atoms with Crippen molar-refractivity contribution >= 4 is 45.9 Å². The Labute approximate surface area is 172 Å². The molecule has 0 saturated carbocycles. The van der Waals surface area contributed by atoms with Crippen LogP contribution in [0.5, 0.6) is 0 Å². The largest absolute Gasteiger partial charge is 0.322 e. The molecule has 0 aliphatic carbocycles. The Hall–Kier alpha value is -2.89. The average Bonchev–Trinajstić information content (AvgIpc) is 2.72. The molecule has 0 atom stereocenters. The lowest BCUT2D eigenvalue weighted by molar-refractivity contribution is 0.102. The standard InChI is InChI=1S/C22H16ClN3OS/c23-17-8-2-9-18(13-17)26-21(27)19-10-4-12-25-22(19)28-14-16-6-1-5-15-7-3-11-24-20(15)16/h1-13H,14H2,(H,26,27). The van der Waals surface area contributed by atoms with Crippen molar-refractivity contribution in [2.75, 3.05) is 5.32 Å². The summed E-state index contributed by atoms with van der Waals surface area (Å²) in [6.45, 7) is 0. The van der Waals surface area contributed by atoms with E-state index in [9.17, 15) is 4.79 Å². The predicted octanol–water partition coefficient (Wildman–Crippen LogP) is 5.83. The lowest BCUT2D eigenvalue weighted by Crippen LogP contribution is -2.13. The smallest absolute Gasteiger partial charge is 0.258 e. The van der Waals surface area contributed by atoms with Gasteiger partial charge in [-0.05, 0) is 42.0 Å². The van der Waals surface area contributed by atoms with Gasteiger partial charge in [0, 0.05) is 34.2 Å². The first-order valence-corrected chi connectivity index (χ1v) is 10.0. The number of carbonyl (C=O) groups is 1. The number of fused-ring (bicyclic) bond motifs is 1. The van der Waals surface area contributed by atoms with Crippen molar-refractivity contribution in [1.82, 2.24) is 9.97 Å². The van der Waals surface area contributed by atoms with Gasteiger partial charge in [0.15, 0.2) is 0 Å². The maximum absolute atomic E-state index is 12.8. The molecule has 4 rings (SSSR count). The number of hydrogen-bond acceptors (Lipinski definition) is 4. The van der Waals surface area contributed by atoms with Gasteiger partial charge in [0.2, 0.25) is 0 Å². The molecule has 0 bridgehead atoms. The fourth-order valence-electron chi connectivity index (χ4n) is 2.87. The van der Waals surface area contributed by atoms with E-state index in [1.54, 1.807) is 48.8 Å². The highest BCUT2D eigenvalue weighted by Crippen LogP contribution is 2.28. The van der Waals surface area contributed by atoms with Crippen LogP contribution < -0.4 is 5.32 Å². The monoisotopic (exact) mass is 405 g/mol. The van der Waals surface area contributed by atoms with E-state index >= 15 is 0 Å². The van der Waals surface area contributed by atoms with E-state index in [2.05, 4.69) is 21.4 Å². The van der Waals surface area contributed by atoms with Crippen molar-refractivity contribution in [2.24, 2.45) is 0 Å². The molecule has 0 aliphatic heterocycles. The normalized spacial score (nSPS) is 10.8. The summed E-state index contributed by atoms with van der Waals surface area (Å²) in [6, 6.07) is 20.7. The molecule has 0 unspecified atom stereocenters. The molecule has 4 nitrogen and oxygen atoms in total. The summed E-state index contributed by atoms with van der Waals surface area (Å²) in [5, 5.41) is 5.22. The number of carbonyl (C=O) groups excluding carboxylic acids is 1. The second-order valence-corrected chi connectivity index (χ2v) is 7.50. The summed E-state index contributed by atoms with van der Waals surface area (Å²) in [7, 11) is 0. The van der Waals surface area contributed by atoms with E-state index in [1.807, 2.05) is 24.3 Å². The van der Waals surface area contributed by atoms with Gasteiger partial charge in [-0.15, -0.1) is 11.8 Å². The summed E-state index contributed by atoms with van der Waals surface area (Å²) in [5.74, 6) is 0.455. The summed E-state index contributed by atoms with van der Waals surface area (Å²) in [4.78, 5) is 21.6. The minimum Gasteiger partial charge on any atom is -0.322 e. The Bertz CT molecular complexity index is 1140. The SMILES string of the molecule is O=C(Nc1cccc(Cl)c1)c1cccnc1SCc1cccc2cccnc12. The summed E-state index contributed by atoms with van der Waals surface area (Å²) < 4.78 is 0. The van der Waals surface area contributed by atoms with E-state index in [4.69, 9.17) is 11.6 Å². The van der Waals surface area contributed by atoms with Crippen LogP contribution in [0.1, 0.15) is 15.9 Å². The third-order valence-electron chi connectivity index (χ3n) is 4.18. The zero-order chi connectivity index (χ0) is 19.3. The van der Waals surface area contributed by atoms with Gasteiger partial charge >= 0.3 is 0 Å². The van der Waals surface area contributed by atoms with Gasteiger partial charge in [-0.1, -0.05) is 41.9 Å². The predicted molar refractivity (Wildman–Crippen MR) is 115 cm³/mol. The summed E-state index contributed by atoms with van der Waals surface area (Å²) >= 11 is 7.52. The minimum absolute atomic E-state index is 0.214. The molecule has 0 aliphatic rings. The fraction of sp³-hybridized carbons (Fsp3) is 0.0455. The quantitative estimate of drug-likeness (QED) is 0.424. The van der Waals surface area contributed by atoms with E-state index in [0.717, 1.165) is 16.5 Å². The van der Waals surface area contributed by atoms with Crippen molar-refractivity contribution in [2.45, 2.75) is 10.8 Å². The summed E-state index contributed by atoms with van der Waals surface area (Å²) in [6.07, 6.45) is 3.49. The molecule has 1 amide bonds. The first-order valence-electron chi connectivity index (χ1n) is 8.68. The van der Waals surface area contributed by atoms with Crippen LogP contribution in [0.4, 0.5) is 5.69 Å². The number of aromatic nitrogens is 2. The van der Waals surface area contributed by atoms with E-state index in [1.165, 1.54) is 11.8 Å². The molecule has 4 aromatic rings. The van der Waals surface area contributed by atoms with Crippen molar-refractivity contribution in [1.29, 1.82) is 0 Å². The Balaban J connectivity index is 1.55. The van der Waals surface area contributed by atoms with Crippen LogP contribution in [0, 0.1) is 0 Å². The van der Waals surface area contributed by atoms with Crippen molar-refractivity contribution < 1.29 is 4.79 Å². The fourth-order valence-corrected chi connectivity index (χ4v) is 4.04. The number of nitrogens with zero attached hydrogens (tertiary/aromatic N) is 2. The lowest BCUT2D eigenvalue weighted by atomic mass is 10.1. The number of hydrogen-bond donors (Lipinski definition) is 1. The molecule has 28 heavy (non-hydrogen) atoms. The average molecular weight is 406 g/mol. The second-order valence-electron chi connectivity index (χ2n) is 6.10. The van der Waals surface area contributed by atoms with Crippen molar-refractivity contribution in [3.63, 3.8) is 0 Å². The molecule has 0 radical (unpaired) electrons. The molecular formula is C22H16ClN3OS. The minimum atomic E-state index is -0.214. The second kappa shape index (κ2) is 8.42. The van der Waals surface area contributed by atoms with Gasteiger partial charge in [0.05, 0.1) is 11.1 Å². The molecule has 0 saturated heterocycles. The van der Waals surface area contributed by atoms with Gasteiger partial charge < -0.3 is 5.32 Å². The first-order chi connectivity index (χ1) is 13.7. The Morgan fingerprint density at radius 2 is 1.75 bits per heavy atom. The highest BCUT2D eigenvalue weighted by atomic mass is 35.5. The Morgan fingerprint density at radius 1 is 0.964 bits per heavy atom. The highest BCUT2D eigenvalue weighted by molar-refractivity contribution is 7.98. The van der Waals surface area contributed by atoms with Gasteiger partial charge in [-0.3, -0.25) is 9.78 Å². The molecule has 2 aromatic heterocycles. The summed E-state index contributed by atoms with van der Waals surface area (Å²) in [5.41, 5.74) is 3.25. The topological polar surface area (TPSA) is 54.9 Å². The van der Waals surface area contributed by atoms with Crippen LogP contribution in [0.3, 0.4) is 0 Å². The molecule has 2 aromatic carbocycles. The number of amides is 1. The number of para-hydroxylation sites is 1. The van der Waals surface area contributed by atoms with Crippen molar-refractivity contribution in [3.8, 4) is 0 Å². The van der Waals surface area contributed by atoms with Gasteiger partial charge in [0.1, 0.15) is 5.03 Å². The zero-order valence-electron chi connectivity index (χ0n) is 14.8. The van der Waals surface area contributed by atoms with E-state index < -0.39 is 0 Å². The zero-order valence-corrected chi connectivity index (χ0v) is 16.4. The van der Waals surface area contributed by atoms with Crippen LogP contribution in [0.2, 0.25) is 5.02 Å². The number of benzene rings is 2. The number of halogens is 1. The number of thioether (sulfide) groups is 1. The van der Waals surface area contributed by atoms with E-state index in [-0.39, 0.29) is 5.91 Å². The molecular weight excluding hydrogens is 390 g/mol. The lowest BCUT2D eigenvalue weighted by Gasteiger charge is -2.10. The number of anilines is 1. The molecule has 6 heteroatoms. The third-order valence-corrected chi connectivity index (χ3v) is 5.47. The number of nitrogens with one attached hydrogen (secondary N) is 1. The molecule has 0 fully saturated rings. The van der Waals surface area contributed by atoms with Gasteiger partial charge in [-0.25, -0.2) is 4.98 Å². The van der Waals surface area contributed by atoms with Crippen LogP contribution >= 0.6 is 23.4 Å². The van der Waals surface area contributed by atoms with Crippen molar-refractivity contribution in [3.05, 3.63) is 95.3 Å². The maximum Gasteiger partial charge on any atom is 0.258 e. The number of pyridine rings is 2. The third kappa shape index (κ3) is 4.16. The van der Waals surface area contributed by atoms with Crippen LogP contribution in [0.15, 0.2) is 84.1 Å². The highest BCUT2D eigenvalue weighted by Gasteiger charge is 2.14. The molecule has 2 heterocycles. The maximum atomic E-state index is 12.8. The number of rotatable bonds is 5. The van der Waals surface area contributed by atoms with Gasteiger partial charge in [0.25, 0.3) is 5.91 Å². The van der Waals surface area contributed by atoms with Gasteiger partial charge in [-0.2, -0.15) is 0 Å². The first kappa shape index (κ1) is 18.5. The Kier molecular flexibility index (Phi) is 5.55. The van der Waals surface area contributed by atoms with Crippen LogP contribution in [-0.2, 0) is 5.75 Å². The molecule has 1 N–H and O–H groups in total. The molecule has 138 valence electrons. The Morgan fingerprint density at radius 3 is 2.64 bits per heavy atom. The van der Waals surface area contributed by atoms with Crippen LogP contribution in [0.25, 0.3) is 10.9 Å².